The maximum atomic E-state index is 14.5. The van der Waals surface area contributed by atoms with Gasteiger partial charge in [0, 0.05) is 38.3 Å². The van der Waals surface area contributed by atoms with E-state index in [4.69, 9.17) is 4.52 Å². The summed E-state index contributed by atoms with van der Waals surface area (Å²) in [6, 6.07) is 16.5. The number of nitrogens with zero attached hydrogens (tertiary/aromatic N) is 4. The van der Waals surface area contributed by atoms with Crippen molar-refractivity contribution in [3.05, 3.63) is 82.8 Å². The van der Waals surface area contributed by atoms with Crippen LogP contribution in [0.3, 0.4) is 0 Å². The monoisotopic (exact) mass is 458 g/mol. The minimum Gasteiger partial charge on any atom is -0.337 e. The second kappa shape index (κ2) is 9.35. The number of aryl methyl sites for hydroxylation is 2. The molecule has 4 aromatic rings. The molecule has 0 aliphatic carbocycles. The third-order valence-corrected chi connectivity index (χ3v) is 6.53. The number of fused-ring (bicyclic) bond motifs is 1. The Balaban J connectivity index is 1.42. The van der Waals surface area contributed by atoms with E-state index < -0.39 is 5.82 Å². The van der Waals surface area contributed by atoms with Gasteiger partial charge in [0.25, 0.3) is 11.6 Å². The first-order valence-electron chi connectivity index (χ1n) is 11.6. The molecule has 0 radical (unpaired) electrons. The van der Waals surface area contributed by atoms with Gasteiger partial charge in [-0.25, -0.2) is 9.37 Å². The van der Waals surface area contributed by atoms with E-state index in [2.05, 4.69) is 46.2 Å². The number of amides is 1. The molecule has 2 aromatic heterocycles. The van der Waals surface area contributed by atoms with Gasteiger partial charge in [0.2, 0.25) is 0 Å². The molecular formula is C27H27FN4O2. The zero-order valence-electron chi connectivity index (χ0n) is 19.4. The third-order valence-electron chi connectivity index (χ3n) is 6.53. The topological polar surface area (TPSA) is 62.5 Å². The number of halogens is 1. The van der Waals surface area contributed by atoms with Gasteiger partial charge in [-0.15, -0.1) is 0 Å². The molecule has 0 unspecified atom stereocenters. The van der Waals surface area contributed by atoms with E-state index in [1.54, 1.807) is 31.2 Å². The Morgan fingerprint density at radius 1 is 1.03 bits per heavy atom. The molecule has 0 saturated carbocycles. The smallest absolute Gasteiger partial charge is 0.259 e. The van der Waals surface area contributed by atoms with Crippen LogP contribution < -0.4 is 0 Å². The van der Waals surface area contributed by atoms with E-state index in [-0.39, 0.29) is 11.6 Å². The van der Waals surface area contributed by atoms with Crippen molar-refractivity contribution in [3.8, 4) is 11.3 Å². The highest BCUT2D eigenvalue weighted by Crippen LogP contribution is 2.29. The highest BCUT2D eigenvalue weighted by Gasteiger charge is 2.26. The first kappa shape index (κ1) is 22.2. The molecule has 6 nitrogen and oxygen atoms in total. The quantitative estimate of drug-likeness (QED) is 0.431. The average Bonchev–Trinajstić information content (AvgIpc) is 3.06. The summed E-state index contributed by atoms with van der Waals surface area (Å²) in [7, 11) is 0. The number of carbonyl (C=O) groups excluding carboxylic acids is 1. The Hall–Kier alpha value is -3.58. The SMILES string of the molecule is Cc1ccccc1CN1CCCN(C(=O)c2cc(-c3ccccc3F)nc3onc(C)c23)CC1. The summed E-state index contributed by atoms with van der Waals surface area (Å²) in [6.07, 6.45) is 0.884. The lowest BCUT2D eigenvalue weighted by Gasteiger charge is -2.23. The Morgan fingerprint density at radius 2 is 1.82 bits per heavy atom. The fourth-order valence-electron chi connectivity index (χ4n) is 4.60. The Morgan fingerprint density at radius 3 is 2.65 bits per heavy atom. The molecule has 7 heteroatoms. The van der Waals surface area contributed by atoms with Crippen molar-refractivity contribution in [1.82, 2.24) is 19.9 Å². The van der Waals surface area contributed by atoms with Crippen LogP contribution in [0.25, 0.3) is 22.4 Å². The molecule has 5 rings (SSSR count). The van der Waals surface area contributed by atoms with Crippen LogP contribution in [0.1, 0.15) is 33.6 Å². The lowest BCUT2D eigenvalue weighted by molar-refractivity contribution is 0.0763. The van der Waals surface area contributed by atoms with E-state index in [9.17, 15) is 9.18 Å². The third kappa shape index (κ3) is 4.31. The summed E-state index contributed by atoms with van der Waals surface area (Å²) in [6.45, 7) is 7.79. The highest BCUT2D eigenvalue weighted by molar-refractivity contribution is 6.07. The van der Waals surface area contributed by atoms with Gasteiger partial charge in [-0.1, -0.05) is 41.6 Å². The molecule has 0 spiro atoms. The number of hydrogen-bond donors (Lipinski definition) is 0. The zero-order chi connectivity index (χ0) is 23.7. The number of pyridine rings is 1. The van der Waals surface area contributed by atoms with Crippen molar-refractivity contribution >= 4 is 17.0 Å². The molecule has 3 heterocycles. The van der Waals surface area contributed by atoms with Crippen LogP contribution in [0.4, 0.5) is 4.39 Å². The lowest BCUT2D eigenvalue weighted by atomic mass is 10.0. The van der Waals surface area contributed by atoms with Crippen molar-refractivity contribution in [2.75, 3.05) is 26.2 Å². The molecule has 0 atom stereocenters. The van der Waals surface area contributed by atoms with Gasteiger partial charge >= 0.3 is 0 Å². The van der Waals surface area contributed by atoms with Crippen molar-refractivity contribution in [2.45, 2.75) is 26.8 Å². The normalized spacial score (nSPS) is 15.0. The van der Waals surface area contributed by atoms with Crippen LogP contribution in [0.5, 0.6) is 0 Å². The van der Waals surface area contributed by atoms with Gasteiger partial charge in [-0.05, 0) is 49.6 Å². The Bertz CT molecular complexity index is 1350. The van der Waals surface area contributed by atoms with Crippen molar-refractivity contribution in [2.24, 2.45) is 0 Å². The summed E-state index contributed by atoms with van der Waals surface area (Å²) < 4.78 is 19.9. The van der Waals surface area contributed by atoms with Crippen LogP contribution in [0.2, 0.25) is 0 Å². The molecule has 1 aliphatic heterocycles. The molecule has 174 valence electrons. The van der Waals surface area contributed by atoms with Gasteiger partial charge in [0.05, 0.1) is 22.3 Å². The Labute approximate surface area is 198 Å². The van der Waals surface area contributed by atoms with Gasteiger partial charge in [-0.3, -0.25) is 9.69 Å². The second-order valence-electron chi connectivity index (χ2n) is 8.83. The highest BCUT2D eigenvalue weighted by atomic mass is 19.1. The van der Waals surface area contributed by atoms with E-state index in [1.165, 1.54) is 17.2 Å². The molecule has 1 saturated heterocycles. The Kier molecular flexibility index (Phi) is 6.11. The fourth-order valence-corrected chi connectivity index (χ4v) is 4.60. The fraction of sp³-hybridized carbons (Fsp3) is 0.296. The number of benzene rings is 2. The van der Waals surface area contributed by atoms with Crippen LogP contribution in [0.15, 0.2) is 59.1 Å². The van der Waals surface area contributed by atoms with Crippen LogP contribution in [0, 0.1) is 19.7 Å². The number of hydrogen-bond acceptors (Lipinski definition) is 5. The molecule has 1 fully saturated rings. The molecule has 2 aromatic carbocycles. The maximum Gasteiger partial charge on any atom is 0.259 e. The second-order valence-corrected chi connectivity index (χ2v) is 8.83. The van der Waals surface area contributed by atoms with Gasteiger partial charge in [-0.2, -0.15) is 0 Å². The molecule has 1 aliphatic rings. The van der Waals surface area contributed by atoms with E-state index >= 15 is 0 Å². The number of rotatable bonds is 4. The van der Waals surface area contributed by atoms with E-state index in [0.29, 0.717) is 41.0 Å². The van der Waals surface area contributed by atoms with Crippen molar-refractivity contribution in [3.63, 3.8) is 0 Å². The number of carbonyl (C=O) groups is 1. The molecule has 34 heavy (non-hydrogen) atoms. The first-order chi connectivity index (χ1) is 16.5. The van der Waals surface area contributed by atoms with E-state index in [1.807, 2.05) is 4.90 Å². The summed E-state index contributed by atoms with van der Waals surface area (Å²) in [5.41, 5.74) is 4.58. The first-order valence-corrected chi connectivity index (χ1v) is 11.6. The minimum absolute atomic E-state index is 0.103. The van der Waals surface area contributed by atoms with Gasteiger partial charge in [0.15, 0.2) is 0 Å². The largest absolute Gasteiger partial charge is 0.337 e. The van der Waals surface area contributed by atoms with Crippen LogP contribution in [-0.4, -0.2) is 52.0 Å². The van der Waals surface area contributed by atoms with E-state index in [0.717, 1.165) is 26.1 Å². The van der Waals surface area contributed by atoms with Crippen LogP contribution >= 0.6 is 0 Å². The zero-order valence-corrected chi connectivity index (χ0v) is 19.4. The molecule has 1 amide bonds. The lowest BCUT2D eigenvalue weighted by Crippen LogP contribution is -2.35. The van der Waals surface area contributed by atoms with Gasteiger partial charge in [0.1, 0.15) is 5.82 Å². The van der Waals surface area contributed by atoms with Crippen molar-refractivity contribution in [1.29, 1.82) is 0 Å². The maximum absolute atomic E-state index is 14.5. The molecule has 0 bridgehead atoms. The minimum atomic E-state index is -0.398. The predicted octanol–water partition coefficient (Wildman–Crippen LogP) is 4.99. The van der Waals surface area contributed by atoms with Crippen LogP contribution in [-0.2, 0) is 6.54 Å². The summed E-state index contributed by atoms with van der Waals surface area (Å²) >= 11 is 0. The summed E-state index contributed by atoms with van der Waals surface area (Å²) in [5, 5.41) is 4.61. The van der Waals surface area contributed by atoms with Crippen molar-refractivity contribution < 1.29 is 13.7 Å². The molecule has 0 N–H and O–H groups in total. The summed E-state index contributed by atoms with van der Waals surface area (Å²) in [4.78, 5) is 22.4. The molecular weight excluding hydrogens is 431 g/mol. The van der Waals surface area contributed by atoms with Gasteiger partial charge < -0.3 is 9.42 Å². The number of aromatic nitrogens is 2. The standard InChI is InChI=1S/C27H27FN4O2/c1-18-8-3-4-9-20(18)17-31-12-7-13-32(15-14-31)27(33)22-16-24(21-10-5-6-11-23(21)28)29-26-25(22)19(2)30-34-26/h3-6,8-11,16H,7,12-15,17H2,1-2H3. The predicted molar refractivity (Wildman–Crippen MR) is 129 cm³/mol. The summed E-state index contributed by atoms with van der Waals surface area (Å²) in [5.74, 6) is -0.500. The average molecular weight is 459 g/mol.